The average Bonchev–Trinajstić information content (AvgIpc) is 3.53. The Kier molecular flexibility index (Phi) is 5.85. The molecular weight excluding hydrogens is 487 g/mol. The molecule has 0 radical (unpaired) electrons. The molecule has 0 saturated heterocycles. The van der Waals surface area contributed by atoms with Crippen molar-refractivity contribution in [2.45, 2.75) is 76.4 Å². The van der Waals surface area contributed by atoms with Gasteiger partial charge in [-0.3, -0.25) is 9.67 Å². The van der Waals surface area contributed by atoms with Gasteiger partial charge in [-0.15, -0.1) is 5.10 Å². The normalized spacial score (nSPS) is 25.8. The topological polar surface area (TPSA) is 75.2 Å². The van der Waals surface area contributed by atoms with Crippen molar-refractivity contribution in [3.8, 4) is 17.1 Å². The van der Waals surface area contributed by atoms with Gasteiger partial charge < -0.3 is 14.0 Å². The Hall–Kier alpha value is -2.09. The number of fused-ring (bicyclic) bond motifs is 3. The van der Waals surface area contributed by atoms with Crippen LogP contribution >= 0.6 is 23.2 Å². The largest absolute Gasteiger partial charge is 0.476 e. The molecule has 0 N–H and O–H groups in total. The van der Waals surface area contributed by atoms with E-state index >= 15 is 0 Å². The molecule has 7 nitrogen and oxygen atoms in total. The Morgan fingerprint density at radius 1 is 1.09 bits per heavy atom. The van der Waals surface area contributed by atoms with Crippen LogP contribution < -0.4 is 4.74 Å². The van der Waals surface area contributed by atoms with Crippen LogP contribution in [0.5, 0.6) is 5.88 Å². The molecule has 186 valence electrons. The molecule has 0 spiro atoms. The fourth-order valence-corrected chi connectivity index (χ4v) is 6.34. The smallest absolute Gasteiger partial charge is 0.235 e. The third-order valence-corrected chi connectivity index (χ3v) is 8.77. The minimum Gasteiger partial charge on any atom is -0.476 e. The van der Waals surface area contributed by atoms with Gasteiger partial charge in [-0.1, -0.05) is 28.4 Å². The van der Waals surface area contributed by atoms with E-state index in [1.54, 1.807) is 12.4 Å². The summed E-state index contributed by atoms with van der Waals surface area (Å²) in [6.07, 6.45) is 13.8. The highest BCUT2D eigenvalue weighted by molar-refractivity contribution is 6.38. The predicted molar refractivity (Wildman–Crippen MR) is 133 cm³/mol. The van der Waals surface area contributed by atoms with Crippen LogP contribution in [0.4, 0.5) is 0 Å². The second-order valence-corrected chi connectivity index (χ2v) is 11.5. The fraction of sp³-hybridized carbons (Fsp3) is 0.577. The third kappa shape index (κ3) is 4.36. The molecule has 0 unspecified atom stereocenters. The van der Waals surface area contributed by atoms with E-state index in [-0.39, 0.29) is 11.0 Å². The van der Waals surface area contributed by atoms with Gasteiger partial charge in [0.15, 0.2) is 0 Å². The zero-order valence-corrected chi connectivity index (χ0v) is 21.7. The molecule has 4 fully saturated rings. The van der Waals surface area contributed by atoms with E-state index in [4.69, 9.17) is 37.2 Å². The van der Waals surface area contributed by atoms with E-state index in [2.05, 4.69) is 15.2 Å². The van der Waals surface area contributed by atoms with Gasteiger partial charge in [0, 0.05) is 53.7 Å². The Labute approximate surface area is 215 Å². The highest BCUT2D eigenvalue weighted by Gasteiger charge is 2.50. The minimum atomic E-state index is -0.107. The number of aryl methyl sites for hydroxylation is 2. The zero-order chi connectivity index (χ0) is 24.2. The third-order valence-electron chi connectivity index (χ3n) is 8.19. The molecule has 0 amide bonds. The van der Waals surface area contributed by atoms with E-state index in [0.717, 1.165) is 80.7 Å². The van der Waals surface area contributed by atoms with Crippen molar-refractivity contribution in [2.75, 3.05) is 6.61 Å². The predicted octanol–water partition coefficient (Wildman–Crippen LogP) is 6.65. The number of hydrogen-bond acceptors (Lipinski definition) is 6. The maximum Gasteiger partial charge on any atom is 0.235 e. The molecule has 7 rings (SSSR count). The van der Waals surface area contributed by atoms with Crippen molar-refractivity contribution in [1.82, 2.24) is 19.9 Å². The van der Waals surface area contributed by atoms with Gasteiger partial charge in [0.1, 0.15) is 11.5 Å². The first-order chi connectivity index (χ1) is 16.9. The van der Waals surface area contributed by atoms with Crippen LogP contribution in [0.25, 0.3) is 11.3 Å². The fourth-order valence-electron chi connectivity index (χ4n) is 5.80. The van der Waals surface area contributed by atoms with Crippen LogP contribution in [-0.4, -0.2) is 32.1 Å². The maximum absolute atomic E-state index is 6.73. The van der Waals surface area contributed by atoms with Gasteiger partial charge in [0.25, 0.3) is 0 Å². The average molecular weight is 517 g/mol. The van der Waals surface area contributed by atoms with Crippen LogP contribution in [0, 0.1) is 12.3 Å². The van der Waals surface area contributed by atoms with Crippen molar-refractivity contribution >= 4 is 23.2 Å². The summed E-state index contributed by atoms with van der Waals surface area (Å²) in [6.45, 7) is 3.22. The minimum absolute atomic E-state index is 0.107. The van der Waals surface area contributed by atoms with Crippen molar-refractivity contribution in [3.63, 3.8) is 0 Å². The molecule has 4 aliphatic carbocycles. The number of rotatable bonds is 8. The highest BCUT2D eigenvalue weighted by atomic mass is 35.5. The Morgan fingerprint density at radius 2 is 1.77 bits per heavy atom. The monoisotopic (exact) mass is 516 g/mol. The Balaban J connectivity index is 1.16. The summed E-state index contributed by atoms with van der Waals surface area (Å²) in [5.74, 6) is 2.08. The van der Waals surface area contributed by atoms with E-state index < -0.39 is 0 Å². The molecule has 3 aromatic heterocycles. The van der Waals surface area contributed by atoms with Gasteiger partial charge >= 0.3 is 0 Å². The SMILES string of the molecule is Cc1cn(C)nc1OCC12CCC(OCc3c(-c4c(Cl)cncc4Cl)noc3C3CC3)(CC1)CC2. The second kappa shape index (κ2) is 8.79. The summed E-state index contributed by atoms with van der Waals surface area (Å²) < 4.78 is 20.5. The van der Waals surface area contributed by atoms with Crippen molar-refractivity contribution in [3.05, 3.63) is 45.5 Å². The van der Waals surface area contributed by atoms with Crippen molar-refractivity contribution < 1.29 is 14.0 Å². The van der Waals surface area contributed by atoms with Crippen LogP contribution in [0.1, 0.15) is 74.2 Å². The lowest BCUT2D eigenvalue weighted by atomic mass is 9.59. The van der Waals surface area contributed by atoms with Crippen LogP contribution in [0.2, 0.25) is 10.0 Å². The van der Waals surface area contributed by atoms with Gasteiger partial charge in [-0.2, -0.15) is 0 Å². The number of halogens is 2. The standard InChI is InChI=1S/C26H30Cl2N4O3/c1-16-13-32(2)30-24(16)33-15-25-5-8-26(9-6-25,10-7-25)34-14-18-22(31-35-23(18)17-3-4-17)21-19(27)11-29-12-20(21)28/h11-13,17H,3-10,14-15H2,1-2H3. The lowest BCUT2D eigenvalue weighted by Crippen LogP contribution is -2.49. The van der Waals surface area contributed by atoms with Crippen LogP contribution in [-0.2, 0) is 18.4 Å². The van der Waals surface area contributed by atoms with E-state index in [9.17, 15) is 0 Å². The summed E-state index contributed by atoms with van der Waals surface area (Å²) in [4.78, 5) is 4.08. The summed E-state index contributed by atoms with van der Waals surface area (Å²) >= 11 is 12.9. The van der Waals surface area contributed by atoms with Crippen molar-refractivity contribution in [2.24, 2.45) is 12.5 Å². The molecule has 3 aromatic rings. The molecule has 9 heteroatoms. The molecule has 35 heavy (non-hydrogen) atoms. The van der Waals surface area contributed by atoms with Crippen molar-refractivity contribution in [1.29, 1.82) is 0 Å². The number of nitrogens with zero attached hydrogens (tertiary/aromatic N) is 4. The first-order valence-corrected chi connectivity index (χ1v) is 13.2. The first-order valence-electron chi connectivity index (χ1n) is 12.4. The number of hydrogen-bond donors (Lipinski definition) is 0. The number of ether oxygens (including phenoxy) is 2. The lowest BCUT2D eigenvalue weighted by molar-refractivity contribution is -0.150. The molecule has 4 aliphatic rings. The quantitative estimate of drug-likeness (QED) is 0.333. The summed E-state index contributed by atoms with van der Waals surface area (Å²) in [7, 11) is 1.93. The summed E-state index contributed by atoms with van der Waals surface area (Å²) in [6, 6.07) is 0. The summed E-state index contributed by atoms with van der Waals surface area (Å²) in [5, 5.41) is 9.77. The molecule has 4 saturated carbocycles. The molecule has 0 aliphatic heterocycles. The van der Waals surface area contributed by atoms with E-state index in [0.29, 0.717) is 33.8 Å². The molecule has 3 heterocycles. The van der Waals surface area contributed by atoms with Crippen LogP contribution in [0.3, 0.4) is 0 Å². The number of pyridine rings is 1. The summed E-state index contributed by atoms with van der Waals surface area (Å²) in [5.41, 5.74) is 3.52. The maximum atomic E-state index is 6.73. The van der Waals surface area contributed by atoms with Gasteiger partial charge in [-0.25, -0.2) is 0 Å². The highest BCUT2D eigenvalue weighted by Crippen LogP contribution is 2.55. The first kappa shape index (κ1) is 23.3. The molecule has 0 aromatic carbocycles. The zero-order valence-electron chi connectivity index (χ0n) is 20.1. The lowest BCUT2D eigenvalue weighted by Gasteiger charge is -2.52. The van der Waals surface area contributed by atoms with Gasteiger partial charge in [0.2, 0.25) is 5.88 Å². The molecule has 0 atom stereocenters. The molecular formula is C26H30Cl2N4O3. The van der Waals surface area contributed by atoms with Gasteiger partial charge in [-0.05, 0) is 58.3 Å². The Bertz CT molecular complexity index is 1200. The van der Waals surface area contributed by atoms with E-state index in [1.807, 2.05) is 24.9 Å². The second-order valence-electron chi connectivity index (χ2n) is 10.7. The van der Waals surface area contributed by atoms with Gasteiger partial charge in [0.05, 0.1) is 28.9 Å². The number of aromatic nitrogens is 4. The Morgan fingerprint density at radius 3 is 2.37 bits per heavy atom. The molecule has 2 bridgehead atoms. The van der Waals surface area contributed by atoms with Crippen LogP contribution in [0.15, 0.2) is 23.1 Å². The van der Waals surface area contributed by atoms with E-state index in [1.165, 1.54) is 0 Å².